The molecule has 7 heteroatoms. The van der Waals surface area contributed by atoms with E-state index in [1.807, 2.05) is 24.3 Å². The second kappa shape index (κ2) is 5.43. The van der Waals surface area contributed by atoms with Crippen LogP contribution in [0, 0.1) is 3.95 Å². The van der Waals surface area contributed by atoms with Gasteiger partial charge < -0.3 is 10.2 Å². The Labute approximate surface area is 141 Å². The van der Waals surface area contributed by atoms with Crippen LogP contribution in [0.15, 0.2) is 29.3 Å². The molecule has 0 fully saturated rings. The minimum atomic E-state index is -1.32. The van der Waals surface area contributed by atoms with Crippen molar-refractivity contribution in [3.8, 4) is 5.88 Å². The average molecular weight is 346 g/mol. The van der Waals surface area contributed by atoms with Crippen LogP contribution in [0.1, 0.15) is 24.3 Å². The average Bonchev–Trinajstić information content (AvgIpc) is 3.01. The van der Waals surface area contributed by atoms with Gasteiger partial charge in [-0.05, 0) is 38.2 Å². The summed E-state index contributed by atoms with van der Waals surface area (Å²) in [7, 11) is 0. The van der Waals surface area contributed by atoms with Crippen molar-refractivity contribution in [3.63, 3.8) is 0 Å². The lowest BCUT2D eigenvalue weighted by Crippen LogP contribution is -2.35. The number of hydrogen-bond acceptors (Lipinski definition) is 5. The third kappa shape index (κ3) is 2.51. The number of aromatic hydroxyl groups is 1. The molecule has 0 radical (unpaired) electrons. The Hall–Kier alpha value is -2.25. The fraction of sp³-hybridized carbons (Fsp3) is 0.188. The fourth-order valence-electron chi connectivity index (χ4n) is 2.36. The normalized spacial score (nSPS) is 15.1. The second-order valence-electron chi connectivity index (χ2n) is 5.63. The van der Waals surface area contributed by atoms with E-state index in [2.05, 4.69) is 4.99 Å². The molecule has 3 rings (SSSR count). The zero-order chi connectivity index (χ0) is 16.8. The summed E-state index contributed by atoms with van der Waals surface area (Å²) in [5.41, 5.74) is 1.37. The summed E-state index contributed by atoms with van der Waals surface area (Å²) < 4.78 is 1.57. The van der Waals surface area contributed by atoms with E-state index >= 15 is 0 Å². The molecule has 5 nitrogen and oxygen atoms in total. The van der Waals surface area contributed by atoms with E-state index in [1.54, 1.807) is 12.3 Å². The first-order valence-electron chi connectivity index (χ1n) is 6.86. The predicted molar refractivity (Wildman–Crippen MR) is 94.2 cm³/mol. The van der Waals surface area contributed by atoms with Gasteiger partial charge >= 0.3 is 5.97 Å². The molecule has 0 saturated carbocycles. The Morgan fingerprint density at radius 3 is 2.78 bits per heavy atom. The van der Waals surface area contributed by atoms with Gasteiger partial charge in [-0.2, -0.15) is 0 Å². The first kappa shape index (κ1) is 15.6. The highest BCUT2D eigenvalue weighted by atomic mass is 32.1. The van der Waals surface area contributed by atoms with Crippen LogP contribution < -0.4 is 0 Å². The van der Waals surface area contributed by atoms with Gasteiger partial charge in [0.15, 0.2) is 3.95 Å². The minimum Gasteiger partial charge on any atom is -0.493 e. The fourth-order valence-corrected chi connectivity index (χ4v) is 3.91. The SMILES string of the molecule is CC(C)(C(=O)O)n1c(O)c(/C=C2\C=Nc3ccccc32)sc1=S. The van der Waals surface area contributed by atoms with Gasteiger partial charge in [0.1, 0.15) is 5.54 Å². The Bertz CT molecular complexity index is 920. The molecule has 23 heavy (non-hydrogen) atoms. The van der Waals surface area contributed by atoms with Gasteiger partial charge in [0.2, 0.25) is 5.88 Å². The maximum absolute atomic E-state index is 11.4. The molecule has 0 atom stereocenters. The highest BCUT2D eigenvalue weighted by Crippen LogP contribution is 2.37. The molecule has 0 bridgehead atoms. The monoisotopic (exact) mass is 346 g/mol. The lowest BCUT2D eigenvalue weighted by Gasteiger charge is -2.21. The lowest BCUT2D eigenvalue weighted by molar-refractivity contribution is -0.145. The Kier molecular flexibility index (Phi) is 3.69. The van der Waals surface area contributed by atoms with Crippen molar-refractivity contribution in [2.75, 3.05) is 0 Å². The van der Waals surface area contributed by atoms with E-state index < -0.39 is 11.5 Å². The van der Waals surface area contributed by atoms with Gasteiger partial charge in [0, 0.05) is 17.4 Å². The van der Waals surface area contributed by atoms with Crippen LogP contribution in [-0.2, 0) is 10.3 Å². The highest BCUT2D eigenvalue weighted by Gasteiger charge is 2.33. The van der Waals surface area contributed by atoms with Crippen LogP contribution in [-0.4, -0.2) is 27.0 Å². The van der Waals surface area contributed by atoms with E-state index in [0.717, 1.165) is 16.8 Å². The third-order valence-corrected chi connectivity index (χ3v) is 5.05. The van der Waals surface area contributed by atoms with Crippen LogP contribution in [0.5, 0.6) is 5.88 Å². The van der Waals surface area contributed by atoms with Crippen molar-refractivity contribution >= 4 is 53.1 Å². The van der Waals surface area contributed by atoms with Gasteiger partial charge in [0.05, 0.1) is 10.6 Å². The number of nitrogens with zero attached hydrogens (tertiary/aromatic N) is 2. The third-order valence-electron chi connectivity index (χ3n) is 3.74. The lowest BCUT2D eigenvalue weighted by atomic mass is 10.1. The van der Waals surface area contributed by atoms with Crippen molar-refractivity contribution in [3.05, 3.63) is 38.7 Å². The van der Waals surface area contributed by atoms with Gasteiger partial charge in [0.25, 0.3) is 0 Å². The molecule has 0 saturated heterocycles. The molecule has 2 N–H and O–H groups in total. The molecule has 2 aromatic rings. The number of allylic oxidation sites excluding steroid dienone is 1. The molecule has 1 aliphatic rings. The number of carboxylic acid groups (broad SMARTS) is 1. The van der Waals surface area contributed by atoms with E-state index in [9.17, 15) is 15.0 Å². The van der Waals surface area contributed by atoms with E-state index in [0.29, 0.717) is 8.83 Å². The zero-order valence-corrected chi connectivity index (χ0v) is 14.1. The standard InChI is InChI=1S/C16H14N2O3S2/c1-16(2,14(20)21)18-13(19)12(23-15(18)22)7-9-8-17-11-6-4-3-5-10(9)11/h3-8,19H,1-2H3,(H,20,21)/b9-7+. The van der Waals surface area contributed by atoms with Gasteiger partial charge in [-0.3, -0.25) is 9.56 Å². The molecule has 0 unspecified atom stereocenters. The minimum absolute atomic E-state index is 0.141. The number of thiazole rings is 1. The molecule has 0 spiro atoms. The Morgan fingerprint density at radius 1 is 1.39 bits per heavy atom. The molecule has 2 heterocycles. The summed E-state index contributed by atoms with van der Waals surface area (Å²) in [6.45, 7) is 3.00. The van der Waals surface area contributed by atoms with Crippen molar-refractivity contribution < 1.29 is 15.0 Å². The number of benzene rings is 1. The van der Waals surface area contributed by atoms with Crippen LogP contribution in [0.4, 0.5) is 5.69 Å². The van der Waals surface area contributed by atoms with Crippen molar-refractivity contribution in [2.24, 2.45) is 4.99 Å². The molecular formula is C16H14N2O3S2. The first-order chi connectivity index (χ1) is 10.8. The number of hydrogen-bond donors (Lipinski definition) is 2. The zero-order valence-electron chi connectivity index (χ0n) is 12.5. The van der Waals surface area contributed by atoms with Crippen LogP contribution in [0.2, 0.25) is 0 Å². The van der Waals surface area contributed by atoms with Gasteiger partial charge in [-0.25, -0.2) is 4.79 Å². The summed E-state index contributed by atoms with van der Waals surface area (Å²) in [5.74, 6) is -1.20. The number of fused-ring (bicyclic) bond motifs is 1. The summed E-state index contributed by atoms with van der Waals surface area (Å²) in [5, 5.41) is 19.8. The quantitative estimate of drug-likeness (QED) is 0.822. The van der Waals surface area contributed by atoms with Gasteiger partial charge in [-0.1, -0.05) is 18.2 Å². The number of aromatic nitrogens is 1. The summed E-state index contributed by atoms with van der Waals surface area (Å²) in [6.07, 6.45) is 3.50. The number of carboxylic acids is 1. The smallest absolute Gasteiger partial charge is 0.329 e. The molecular weight excluding hydrogens is 332 g/mol. The van der Waals surface area contributed by atoms with E-state index in [-0.39, 0.29) is 5.88 Å². The number of para-hydroxylation sites is 1. The van der Waals surface area contributed by atoms with Crippen LogP contribution in [0.25, 0.3) is 11.6 Å². The summed E-state index contributed by atoms with van der Waals surface area (Å²) >= 11 is 6.41. The molecule has 1 aromatic heterocycles. The molecule has 1 aliphatic heterocycles. The predicted octanol–water partition coefficient (Wildman–Crippen LogP) is 4.06. The largest absolute Gasteiger partial charge is 0.493 e. The maximum atomic E-state index is 11.4. The maximum Gasteiger partial charge on any atom is 0.329 e. The van der Waals surface area contributed by atoms with Crippen molar-refractivity contribution in [1.29, 1.82) is 0 Å². The van der Waals surface area contributed by atoms with E-state index in [1.165, 1.54) is 29.8 Å². The van der Waals surface area contributed by atoms with Gasteiger partial charge in [-0.15, -0.1) is 11.3 Å². The summed E-state index contributed by atoms with van der Waals surface area (Å²) in [6, 6.07) is 7.68. The highest BCUT2D eigenvalue weighted by molar-refractivity contribution is 7.73. The molecule has 0 aliphatic carbocycles. The Balaban J connectivity index is 2.11. The number of aliphatic imine (C=N–C) groups is 1. The molecule has 1 aromatic carbocycles. The Morgan fingerprint density at radius 2 is 2.09 bits per heavy atom. The molecule has 0 amide bonds. The van der Waals surface area contributed by atoms with E-state index in [4.69, 9.17) is 12.2 Å². The van der Waals surface area contributed by atoms with Crippen molar-refractivity contribution in [2.45, 2.75) is 19.4 Å². The first-order valence-corrected chi connectivity index (χ1v) is 8.08. The topological polar surface area (TPSA) is 74.8 Å². The number of rotatable bonds is 3. The van der Waals surface area contributed by atoms with Crippen LogP contribution >= 0.6 is 23.6 Å². The molecule has 118 valence electrons. The van der Waals surface area contributed by atoms with Crippen molar-refractivity contribution in [1.82, 2.24) is 4.57 Å². The van der Waals surface area contributed by atoms with Crippen LogP contribution in [0.3, 0.4) is 0 Å². The number of carbonyl (C=O) groups is 1. The number of aliphatic carboxylic acids is 1. The summed E-state index contributed by atoms with van der Waals surface area (Å²) in [4.78, 5) is 16.3. The second-order valence-corrected chi connectivity index (χ2v) is 7.31.